The number of benzene rings is 1. The zero-order chi connectivity index (χ0) is 13.1. The summed E-state index contributed by atoms with van der Waals surface area (Å²) in [4.78, 5) is 17.2. The van der Waals surface area contributed by atoms with Gasteiger partial charge in [0.2, 0.25) is 0 Å². The first-order chi connectivity index (χ1) is 8.56. The van der Waals surface area contributed by atoms with E-state index in [1.54, 1.807) is 35.7 Å². The van der Waals surface area contributed by atoms with Crippen LogP contribution < -0.4 is 5.32 Å². The summed E-state index contributed by atoms with van der Waals surface area (Å²) in [6, 6.07) is 5.08. The molecule has 6 heteroatoms. The lowest BCUT2D eigenvalue weighted by Gasteiger charge is -2.04. The molecule has 0 fully saturated rings. The van der Waals surface area contributed by atoms with E-state index in [4.69, 9.17) is 11.6 Å². The predicted molar refractivity (Wildman–Crippen MR) is 77.2 cm³/mol. The molecule has 0 aliphatic rings. The molecule has 1 N–H and O–H groups in total. The SMILES string of the molecule is Cc1cnc(CNC(=O)c2ccc(Cl)c(Br)c2)s1. The normalized spacial score (nSPS) is 10.4. The molecule has 0 saturated carbocycles. The van der Waals surface area contributed by atoms with Crippen LogP contribution in [0.15, 0.2) is 28.9 Å². The molecule has 1 heterocycles. The van der Waals surface area contributed by atoms with Crippen LogP contribution in [0.2, 0.25) is 5.02 Å². The molecule has 2 rings (SSSR count). The number of nitrogens with one attached hydrogen (secondary N) is 1. The summed E-state index contributed by atoms with van der Waals surface area (Å²) in [5, 5.41) is 4.30. The Balaban J connectivity index is 2.01. The van der Waals surface area contributed by atoms with Gasteiger partial charge in [-0.3, -0.25) is 4.79 Å². The summed E-state index contributed by atoms with van der Waals surface area (Å²) in [7, 11) is 0. The van der Waals surface area contributed by atoms with Crippen LogP contribution in [0.3, 0.4) is 0 Å². The molecule has 1 aromatic heterocycles. The smallest absolute Gasteiger partial charge is 0.251 e. The van der Waals surface area contributed by atoms with E-state index in [2.05, 4.69) is 26.2 Å². The van der Waals surface area contributed by atoms with Crippen molar-refractivity contribution in [1.82, 2.24) is 10.3 Å². The second-order valence-electron chi connectivity index (χ2n) is 3.68. The van der Waals surface area contributed by atoms with Gasteiger partial charge in [-0.1, -0.05) is 11.6 Å². The summed E-state index contributed by atoms with van der Waals surface area (Å²) < 4.78 is 0.710. The molecular weight excluding hydrogens is 336 g/mol. The summed E-state index contributed by atoms with van der Waals surface area (Å²) in [6.45, 7) is 2.43. The number of amides is 1. The molecule has 0 atom stereocenters. The highest BCUT2D eigenvalue weighted by Crippen LogP contribution is 2.23. The van der Waals surface area contributed by atoms with Crippen LogP contribution >= 0.6 is 38.9 Å². The van der Waals surface area contributed by atoms with E-state index >= 15 is 0 Å². The first-order valence-electron chi connectivity index (χ1n) is 5.21. The fraction of sp³-hybridized carbons (Fsp3) is 0.167. The average Bonchev–Trinajstić information content (AvgIpc) is 2.75. The quantitative estimate of drug-likeness (QED) is 0.919. The maximum atomic E-state index is 11.9. The number of halogens is 2. The molecule has 0 spiro atoms. The topological polar surface area (TPSA) is 42.0 Å². The van der Waals surface area contributed by atoms with E-state index in [1.165, 1.54) is 0 Å². The molecule has 3 nitrogen and oxygen atoms in total. The summed E-state index contributed by atoms with van der Waals surface area (Å²) in [5.41, 5.74) is 0.569. The third-order valence-corrected chi connectivity index (χ3v) is 4.38. The van der Waals surface area contributed by atoms with Crippen molar-refractivity contribution in [1.29, 1.82) is 0 Å². The fourth-order valence-corrected chi connectivity index (χ4v) is 2.60. The maximum Gasteiger partial charge on any atom is 0.251 e. The fourth-order valence-electron chi connectivity index (χ4n) is 1.38. The first kappa shape index (κ1) is 13.5. The third-order valence-electron chi connectivity index (χ3n) is 2.25. The molecular formula is C12H10BrClN2OS. The minimum atomic E-state index is -0.139. The molecule has 0 aliphatic carbocycles. The Morgan fingerprint density at radius 1 is 1.56 bits per heavy atom. The van der Waals surface area contributed by atoms with Gasteiger partial charge in [0, 0.05) is 21.1 Å². The lowest BCUT2D eigenvalue weighted by molar-refractivity contribution is 0.0951. The molecule has 1 aromatic carbocycles. The van der Waals surface area contributed by atoms with Crippen molar-refractivity contribution >= 4 is 44.8 Å². The molecule has 0 unspecified atom stereocenters. The number of aromatic nitrogens is 1. The van der Waals surface area contributed by atoms with Gasteiger partial charge in [0.05, 0.1) is 11.6 Å². The van der Waals surface area contributed by atoms with Gasteiger partial charge >= 0.3 is 0 Å². The van der Waals surface area contributed by atoms with Gasteiger partial charge < -0.3 is 5.32 Å². The minimum Gasteiger partial charge on any atom is -0.346 e. The summed E-state index contributed by atoms with van der Waals surface area (Å²) in [6.07, 6.45) is 1.80. The Bertz CT molecular complexity index is 585. The van der Waals surface area contributed by atoms with Crippen molar-refractivity contribution in [3.63, 3.8) is 0 Å². The van der Waals surface area contributed by atoms with Gasteiger partial charge in [-0.05, 0) is 41.1 Å². The van der Waals surface area contributed by atoms with Gasteiger partial charge in [-0.25, -0.2) is 4.98 Å². The van der Waals surface area contributed by atoms with Crippen molar-refractivity contribution in [2.75, 3.05) is 0 Å². The maximum absolute atomic E-state index is 11.9. The molecule has 0 radical (unpaired) electrons. The van der Waals surface area contributed by atoms with E-state index < -0.39 is 0 Å². The van der Waals surface area contributed by atoms with Crippen molar-refractivity contribution in [2.45, 2.75) is 13.5 Å². The number of carbonyl (C=O) groups excluding carboxylic acids is 1. The van der Waals surface area contributed by atoms with Gasteiger partial charge in [0.15, 0.2) is 0 Å². The Morgan fingerprint density at radius 2 is 2.33 bits per heavy atom. The van der Waals surface area contributed by atoms with Crippen molar-refractivity contribution in [2.24, 2.45) is 0 Å². The van der Waals surface area contributed by atoms with Gasteiger partial charge in [0.25, 0.3) is 5.91 Å². The van der Waals surface area contributed by atoms with Crippen LogP contribution in [0.1, 0.15) is 20.2 Å². The highest BCUT2D eigenvalue weighted by molar-refractivity contribution is 9.10. The number of thiazole rings is 1. The molecule has 0 aliphatic heterocycles. The van der Waals surface area contributed by atoms with Gasteiger partial charge in [-0.15, -0.1) is 11.3 Å². The average molecular weight is 346 g/mol. The van der Waals surface area contributed by atoms with Crippen LogP contribution in [0, 0.1) is 6.92 Å². The zero-order valence-corrected chi connectivity index (χ0v) is 12.7. The van der Waals surface area contributed by atoms with Crippen LogP contribution in [-0.2, 0) is 6.54 Å². The molecule has 2 aromatic rings. The largest absolute Gasteiger partial charge is 0.346 e. The standard InChI is InChI=1S/C12H10BrClN2OS/c1-7-5-15-11(18-7)6-16-12(17)8-2-3-10(14)9(13)4-8/h2-5H,6H2,1H3,(H,16,17). The summed E-state index contributed by atoms with van der Waals surface area (Å²) >= 11 is 10.7. The minimum absolute atomic E-state index is 0.139. The van der Waals surface area contributed by atoms with Gasteiger partial charge in [0.1, 0.15) is 5.01 Å². The number of carbonyl (C=O) groups is 1. The Kier molecular flexibility index (Phi) is 4.37. The predicted octanol–water partition coefficient (Wildman–Crippen LogP) is 3.80. The Labute approximate surface area is 122 Å². The lowest BCUT2D eigenvalue weighted by atomic mass is 10.2. The number of aryl methyl sites for hydroxylation is 1. The van der Waals surface area contributed by atoms with E-state index in [0.717, 1.165) is 9.88 Å². The van der Waals surface area contributed by atoms with E-state index in [1.807, 2.05) is 6.92 Å². The van der Waals surface area contributed by atoms with Crippen molar-refractivity contribution < 1.29 is 4.79 Å². The van der Waals surface area contributed by atoms with E-state index in [-0.39, 0.29) is 5.91 Å². The van der Waals surface area contributed by atoms with Gasteiger partial charge in [-0.2, -0.15) is 0 Å². The van der Waals surface area contributed by atoms with Crippen molar-refractivity contribution in [3.05, 3.63) is 49.3 Å². The number of nitrogens with zero attached hydrogens (tertiary/aromatic N) is 1. The van der Waals surface area contributed by atoms with Crippen LogP contribution in [0.5, 0.6) is 0 Å². The Morgan fingerprint density at radius 3 is 2.94 bits per heavy atom. The Hall–Kier alpha value is -0.910. The molecule has 18 heavy (non-hydrogen) atoms. The van der Waals surface area contributed by atoms with Crippen LogP contribution in [0.4, 0.5) is 0 Å². The van der Waals surface area contributed by atoms with E-state index in [0.29, 0.717) is 21.6 Å². The molecule has 0 bridgehead atoms. The summed E-state index contributed by atoms with van der Waals surface area (Å²) in [5.74, 6) is -0.139. The molecule has 0 saturated heterocycles. The molecule has 1 amide bonds. The zero-order valence-electron chi connectivity index (χ0n) is 9.54. The highest BCUT2D eigenvalue weighted by Gasteiger charge is 2.08. The van der Waals surface area contributed by atoms with Crippen LogP contribution in [0.25, 0.3) is 0 Å². The van der Waals surface area contributed by atoms with Crippen LogP contribution in [-0.4, -0.2) is 10.9 Å². The number of hydrogen-bond donors (Lipinski definition) is 1. The third kappa shape index (κ3) is 3.31. The second-order valence-corrected chi connectivity index (χ2v) is 6.26. The van der Waals surface area contributed by atoms with Crippen molar-refractivity contribution in [3.8, 4) is 0 Å². The molecule has 94 valence electrons. The number of hydrogen-bond acceptors (Lipinski definition) is 3. The van der Waals surface area contributed by atoms with E-state index in [9.17, 15) is 4.79 Å². The number of rotatable bonds is 3. The monoisotopic (exact) mass is 344 g/mol. The lowest BCUT2D eigenvalue weighted by Crippen LogP contribution is -2.22. The second kappa shape index (κ2) is 5.82. The highest BCUT2D eigenvalue weighted by atomic mass is 79.9. The first-order valence-corrected chi connectivity index (χ1v) is 7.19.